The molecule has 73 heavy (non-hydrogen) atoms. The van der Waals surface area contributed by atoms with Crippen LogP contribution in [0.2, 0.25) is 0 Å². The number of pyridine rings is 1. The third-order valence-electron chi connectivity index (χ3n) is 15.2. The molecule has 10 aromatic carbocycles. The first kappa shape index (κ1) is 41.1. The van der Waals surface area contributed by atoms with Gasteiger partial charge >= 0.3 is 0 Å². The van der Waals surface area contributed by atoms with Crippen LogP contribution in [0.5, 0.6) is 0 Å². The van der Waals surface area contributed by atoms with Crippen LogP contribution in [0.3, 0.4) is 0 Å². The lowest BCUT2D eigenvalue weighted by Crippen LogP contribution is -2.19. The summed E-state index contributed by atoms with van der Waals surface area (Å²) in [4.78, 5) is 7.68. The van der Waals surface area contributed by atoms with E-state index in [1.165, 1.54) is 49.2 Å². The Balaban J connectivity index is 1.00. The van der Waals surface area contributed by atoms with Gasteiger partial charge in [0.15, 0.2) is 5.58 Å². The van der Waals surface area contributed by atoms with E-state index in [9.17, 15) is 0 Å². The van der Waals surface area contributed by atoms with Crippen LogP contribution in [-0.2, 0) is 0 Å². The molecule has 15 rings (SSSR count). The molecule has 2 aliphatic carbocycles. The molecule has 0 amide bonds. The first-order valence-corrected chi connectivity index (χ1v) is 25.1. The van der Waals surface area contributed by atoms with E-state index in [2.05, 4.69) is 245 Å². The molecule has 340 valence electrons. The second-order valence-electron chi connectivity index (χ2n) is 19.1. The summed E-state index contributed by atoms with van der Waals surface area (Å²) in [7, 11) is 0. The highest BCUT2D eigenvalue weighted by Gasteiger charge is 2.27. The van der Waals surface area contributed by atoms with Crippen LogP contribution in [0.1, 0.15) is 29.5 Å². The molecule has 3 aromatic heterocycles. The second-order valence-corrected chi connectivity index (χ2v) is 19.1. The van der Waals surface area contributed by atoms with Crippen molar-refractivity contribution < 1.29 is 4.42 Å². The number of hydrogen-bond donors (Lipinski definition) is 0. The maximum atomic E-state index is 7.26. The quantitative estimate of drug-likeness (QED) is 0.118. The minimum absolute atomic E-state index is 0.837. The van der Waals surface area contributed by atoms with Crippen LogP contribution in [0, 0.1) is 0 Å². The maximum Gasteiger partial charge on any atom is 0.160 e. The third-order valence-corrected chi connectivity index (χ3v) is 15.2. The molecule has 13 aromatic rings. The molecule has 4 heteroatoms. The van der Waals surface area contributed by atoms with Gasteiger partial charge in [-0.1, -0.05) is 175 Å². The maximum absolute atomic E-state index is 7.26. The first-order chi connectivity index (χ1) is 36.2. The Hall–Kier alpha value is -9.69. The summed E-state index contributed by atoms with van der Waals surface area (Å²) in [5, 5.41) is 13.9. The van der Waals surface area contributed by atoms with Gasteiger partial charge in [-0.2, -0.15) is 0 Å². The van der Waals surface area contributed by atoms with Gasteiger partial charge < -0.3 is 9.32 Å². The molecule has 0 aliphatic heterocycles. The summed E-state index contributed by atoms with van der Waals surface area (Å²) in [6, 6.07) is 74.4. The monoisotopic (exact) mass is 929 g/mol. The third kappa shape index (κ3) is 6.46. The topological polar surface area (TPSA) is 34.2 Å². The highest BCUT2D eigenvalue weighted by atomic mass is 16.3. The molecule has 0 saturated carbocycles. The average molecular weight is 930 g/mol. The summed E-state index contributed by atoms with van der Waals surface area (Å²) in [5.41, 5.74) is 20.9. The van der Waals surface area contributed by atoms with Crippen molar-refractivity contribution in [3.05, 3.63) is 271 Å². The van der Waals surface area contributed by atoms with Gasteiger partial charge in [-0.15, -0.1) is 0 Å². The number of allylic oxidation sites excluding steroid dienone is 8. The lowest BCUT2D eigenvalue weighted by molar-refractivity contribution is 0.671. The zero-order chi connectivity index (χ0) is 48.0. The van der Waals surface area contributed by atoms with Crippen molar-refractivity contribution in [3.8, 4) is 5.82 Å². The molecule has 0 atom stereocenters. The van der Waals surface area contributed by atoms with Crippen LogP contribution >= 0.6 is 0 Å². The number of furan rings is 1. The molecule has 0 fully saturated rings. The number of aromatic nitrogens is 2. The minimum atomic E-state index is 0.837. The second kappa shape index (κ2) is 16.5. The first-order valence-electron chi connectivity index (χ1n) is 25.1. The fraction of sp³-hybridized carbons (Fsp3) is 0.0290. The predicted molar refractivity (Wildman–Crippen MR) is 306 cm³/mol. The molecular weight excluding hydrogens is 887 g/mol. The SMILES string of the molecule is C1=C=C(c2ccccc2N(C2=CC=C(c3ccccc3)CC2)c2ccc3c(c2)c2ccc4c5cc6c7ccccc7c7ccccc7c6cc5oc4c2n3-c2nccc3ccccc23)C(c2ccccc2)=CC=1. The smallest absolute Gasteiger partial charge is 0.160 e. The highest BCUT2D eigenvalue weighted by Crippen LogP contribution is 2.48. The molecule has 0 saturated heterocycles. The van der Waals surface area contributed by atoms with E-state index in [1.54, 1.807) is 0 Å². The van der Waals surface area contributed by atoms with Gasteiger partial charge in [0, 0.05) is 55.6 Å². The van der Waals surface area contributed by atoms with Gasteiger partial charge in [-0.3, -0.25) is 4.57 Å². The van der Waals surface area contributed by atoms with Crippen molar-refractivity contribution in [2.75, 3.05) is 4.90 Å². The molecule has 0 spiro atoms. The van der Waals surface area contributed by atoms with Crippen LogP contribution in [0.15, 0.2) is 258 Å². The molecule has 0 N–H and O–H groups in total. The number of rotatable bonds is 7. The molecule has 0 radical (unpaired) electrons. The molecule has 0 bridgehead atoms. The molecule has 2 aliphatic rings. The largest absolute Gasteiger partial charge is 0.454 e. The van der Waals surface area contributed by atoms with E-state index in [1.807, 2.05) is 12.3 Å². The number of fused-ring (bicyclic) bond motifs is 14. The number of hydrogen-bond acceptors (Lipinski definition) is 3. The molecule has 4 nitrogen and oxygen atoms in total. The lowest BCUT2D eigenvalue weighted by atomic mass is 9.89. The summed E-state index contributed by atoms with van der Waals surface area (Å²) < 4.78 is 9.61. The van der Waals surface area contributed by atoms with Gasteiger partial charge in [0.1, 0.15) is 11.4 Å². The highest BCUT2D eigenvalue weighted by molar-refractivity contribution is 6.30. The fourth-order valence-electron chi connectivity index (χ4n) is 11.9. The Labute approximate surface area is 421 Å². The minimum Gasteiger partial charge on any atom is -0.454 e. The Morgan fingerprint density at radius 3 is 1.93 bits per heavy atom. The van der Waals surface area contributed by atoms with E-state index in [0.717, 1.165) is 107 Å². The number of benzene rings is 10. The van der Waals surface area contributed by atoms with Crippen molar-refractivity contribution in [1.82, 2.24) is 9.55 Å². The Morgan fingerprint density at radius 2 is 1.16 bits per heavy atom. The molecule has 3 heterocycles. The normalized spacial score (nSPS) is 13.7. The number of anilines is 2. The van der Waals surface area contributed by atoms with Crippen LogP contribution < -0.4 is 4.90 Å². The molecular formula is C69H43N3O. The Kier molecular flexibility index (Phi) is 9.27. The van der Waals surface area contributed by atoms with Crippen molar-refractivity contribution in [2.45, 2.75) is 12.8 Å². The van der Waals surface area contributed by atoms with E-state index < -0.39 is 0 Å². The van der Waals surface area contributed by atoms with Crippen molar-refractivity contribution in [3.63, 3.8) is 0 Å². The summed E-state index contributed by atoms with van der Waals surface area (Å²) in [6.45, 7) is 0. The van der Waals surface area contributed by atoms with Crippen molar-refractivity contribution in [1.29, 1.82) is 0 Å². The fourth-order valence-corrected chi connectivity index (χ4v) is 11.9. The predicted octanol–water partition coefficient (Wildman–Crippen LogP) is 18.4. The van der Waals surface area contributed by atoms with Crippen molar-refractivity contribution >= 4 is 115 Å². The van der Waals surface area contributed by atoms with Gasteiger partial charge in [0.2, 0.25) is 0 Å². The van der Waals surface area contributed by atoms with Gasteiger partial charge in [-0.25, -0.2) is 4.98 Å². The summed E-state index contributed by atoms with van der Waals surface area (Å²) in [6.07, 6.45) is 12.4. The van der Waals surface area contributed by atoms with Gasteiger partial charge in [-0.05, 0) is 140 Å². The van der Waals surface area contributed by atoms with E-state index in [0.29, 0.717) is 0 Å². The summed E-state index contributed by atoms with van der Waals surface area (Å²) >= 11 is 0. The number of para-hydroxylation sites is 1. The summed E-state index contributed by atoms with van der Waals surface area (Å²) in [5.74, 6) is 0.862. The van der Waals surface area contributed by atoms with E-state index in [-0.39, 0.29) is 0 Å². The standard InChI is InChI=1S/C69H43N3O/c1-3-17-44(18-4-1)45-31-33-48(34-32-45)71(64-30-16-15-29-57(64)52-24-10-9-22-50(52)46-19-5-2-6-20-46)49-35-38-65-62(41-49)58-36-37-59-63-42-60-55-27-13-11-25-53(55)54-26-12-14-28-56(54)61(60)43-66(63)73-68(59)67(58)72(65)69-51-23-8-7-21-47(51)39-40-70-69/h1-9,11-23,25-31,33,35-43H,32,34H2. The Morgan fingerprint density at radius 1 is 0.493 bits per heavy atom. The van der Waals surface area contributed by atoms with Crippen LogP contribution in [-0.4, -0.2) is 9.55 Å². The van der Waals surface area contributed by atoms with Crippen LogP contribution in [0.25, 0.3) is 109 Å². The lowest BCUT2D eigenvalue weighted by Gasteiger charge is -2.32. The average Bonchev–Trinajstić information content (AvgIpc) is 4.03. The van der Waals surface area contributed by atoms with Crippen LogP contribution in [0.4, 0.5) is 11.4 Å². The van der Waals surface area contributed by atoms with E-state index in [4.69, 9.17) is 9.40 Å². The van der Waals surface area contributed by atoms with Crippen molar-refractivity contribution in [2.24, 2.45) is 0 Å². The van der Waals surface area contributed by atoms with Gasteiger partial charge in [0.05, 0.1) is 16.7 Å². The van der Waals surface area contributed by atoms with Gasteiger partial charge in [0.25, 0.3) is 0 Å². The number of nitrogens with zero attached hydrogens (tertiary/aromatic N) is 3. The molecule has 0 unspecified atom stereocenters. The zero-order valence-electron chi connectivity index (χ0n) is 39.7. The Bertz CT molecular complexity index is 4680. The zero-order valence-corrected chi connectivity index (χ0v) is 39.7. The van der Waals surface area contributed by atoms with E-state index >= 15 is 0 Å².